The minimum atomic E-state index is -0.293. The molecule has 0 aliphatic carbocycles. The molecule has 3 heterocycles. The Labute approximate surface area is 172 Å². The van der Waals surface area contributed by atoms with Crippen LogP contribution in [0.3, 0.4) is 0 Å². The van der Waals surface area contributed by atoms with Gasteiger partial charge in [-0.2, -0.15) is 0 Å². The van der Waals surface area contributed by atoms with Crippen molar-refractivity contribution in [1.82, 2.24) is 24.7 Å². The normalized spacial score (nSPS) is 15.6. The van der Waals surface area contributed by atoms with Gasteiger partial charge in [0.15, 0.2) is 28.6 Å². The number of nitrogens with zero attached hydrogens (tertiary/aromatic N) is 5. The van der Waals surface area contributed by atoms with E-state index in [1.807, 2.05) is 67.1 Å². The molecule has 5 rings (SSSR count). The van der Waals surface area contributed by atoms with Crippen LogP contribution in [0.1, 0.15) is 23.3 Å². The van der Waals surface area contributed by atoms with E-state index in [1.54, 1.807) is 11.8 Å². The zero-order chi connectivity index (χ0) is 19.8. The number of fused-ring (bicyclic) bond motifs is 2. The predicted octanol–water partition coefficient (Wildman–Crippen LogP) is 3.87. The number of aryl methyl sites for hydroxylation is 1. The Hall–Kier alpha value is -3.13. The van der Waals surface area contributed by atoms with Gasteiger partial charge in [0.05, 0.1) is 22.4 Å². The molecule has 0 saturated carbocycles. The van der Waals surface area contributed by atoms with Crippen molar-refractivity contribution >= 4 is 22.8 Å². The summed E-state index contributed by atoms with van der Waals surface area (Å²) in [6, 6.07) is 15.6. The van der Waals surface area contributed by atoms with Crippen LogP contribution >= 0.6 is 11.8 Å². The molecular weight excluding hydrogens is 386 g/mol. The highest BCUT2D eigenvalue weighted by atomic mass is 32.2. The topological polar surface area (TPSA) is 75.0 Å². The number of ether oxygens (including phenoxy) is 2. The van der Waals surface area contributed by atoms with E-state index in [0.29, 0.717) is 12.4 Å². The van der Waals surface area contributed by atoms with Crippen LogP contribution < -0.4 is 9.47 Å². The number of rotatable bonds is 4. The lowest BCUT2D eigenvalue weighted by Crippen LogP contribution is -2.24. The van der Waals surface area contributed by atoms with E-state index in [4.69, 9.17) is 14.5 Å². The Bertz CT molecular complexity index is 1190. The molecule has 2 aromatic carbocycles. The predicted molar refractivity (Wildman–Crippen MR) is 110 cm³/mol. The first kappa shape index (κ1) is 17.9. The molecule has 0 radical (unpaired) electrons. The largest absolute Gasteiger partial charge is 0.485 e. The number of thioether (sulfide) groups is 1. The van der Waals surface area contributed by atoms with Gasteiger partial charge >= 0.3 is 0 Å². The molecule has 0 amide bonds. The van der Waals surface area contributed by atoms with Crippen LogP contribution in [0.2, 0.25) is 0 Å². The lowest BCUT2D eigenvalue weighted by molar-refractivity contribution is 0.0825. The van der Waals surface area contributed by atoms with Crippen LogP contribution in [0, 0.1) is 6.92 Å². The summed E-state index contributed by atoms with van der Waals surface area (Å²) < 4.78 is 13.8. The molecule has 0 N–H and O–H groups in total. The van der Waals surface area contributed by atoms with Crippen molar-refractivity contribution in [3.63, 3.8) is 0 Å². The van der Waals surface area contributed by atoms with Gasteiger partial charge in [-0.1, -0.05) is 36.0 Å². The number of hydrogen-bond donors (Lipinski definition) is 0. The lowest BCUT2D eigenvalue weighted by Gasteiger charge is -2.25. The molecule has 0 bridgehead atoms. The zero-order valence-corrected chi connectivity index (χ0v) is 16.9. The summed E-state index contributed by atoms with van der Waals surface area (Å²) in [6.07, 6.45) is -0.293. The van der Waals surface area contributed by atoms with E-state index in [0.717, 1.165) is 44.9 Å². The van der Waals surface area contributed by atoms with Crippen molar-refractivity contribution < 1.29 is 9.47 Å². The Kier molecular flexibility index (Phi) is 4.55. The van der Waals surface area contributed by atoms with Crippen molar-refractivity contribution in [3.8, 4) is 11.5 Å². The van der Waals surface area contributed by atoms with E-state index in [2.05, 4.69) is 15.2 Å². The molecule has 8 heteroatoms. The number of benzene rings is 2. The number of para-hydroxylation sites is 4. The summed E-state index contributed by atoms with van der Waals surface area (Å²) in [5, 5.41) is 9.50. The van der Waals surface area contributed by atoms with E-state index in [-0.39, 0.29) is 6.10 Å². The summed E-state index contributed by atoms with van der Waals surface area (Å²) in [5.41, 5.74) is 3.69. The summed E-state index contributed by atoms with van der Waals surface area (Å²) in [5.74, 6) is 2.89. The third kappa shape index (κ3) is 3.40. The van der Waals surface area contributed by atoms with Crippen molar-refractivity contribution in [2.45, 2.75) is 23.9 Å². The van der Waals surface area contributed by atoms with Crippen LogP contribution in [-0.4, -0.2) is 31.3 Å². The minimum Gasteiger partial charge on any atom is -0.485 e. The Balaban J connectivity index is 1.34. The zero-order valence-electron chi connectivity index (χ0n) is 16.1. The highest BCUT2D eigenvalue weighted by Gasteiger charge is 2.27. The van der Waals surface area contributed by atoms with Gasteiger partial charge < -0.3 is 14.0 Å². The van der Waals surface area contributed by atoms with Crippen LogP contribution in [0.25, 0.3) is 11.0 Å². The number of aromatic nitrogens is 5. The van der Waals surface area contributed by atoms with Crippen molar-refractivity contribution in [2.24, 2.45) is 7.05 Å². The molecule has 4 aromatic rings. The van der Waals surface area contributed by atoms with Crippen LogP contribution in [0.5, 0.6) is 11.5 Å². The monoisotopic (exact) mass is 405 g/mol. The van der Waals surface area contributed by atoms with Gasteiger partial charge in [-0.15, -0.1) is 10.2 Å². The maximum atomic E-state index is 6.06. The van der Waals surface area contributed by atoms with Crippen LogP contribution in [0.4, 0.5) is 0 Å². The molecule has 0 spiro atoms. The van der Waals surface area contributed by atoms with E-state index in [1.165, 1.54) is 0 Å². The van der Waals surface area contributed by atoms with Crippen LogP contribution in [0.15, 0.2) is 53.7 Å². The fraction of sp³-hybridized carbons (Fsp3) is 0.238. The van der Waals surface area contributed by atoms with Crippen LogP contribution in [-0.2, 0) is 12.8 Å². The summed E-state index contributed by atoms with van der Waals surface area (Å²) in [7, 11) is 1.94. The third-order valence-corrected chi connectivity index (χ3v) is 5.88. The first-order valence-corrected chi connectivity index (χ1v) is 10.3. The fourth-order valence-electron chi connectivity index (χ4n) is 3.27. The van der Waals surface area contributed by atoms with Crippen molar-refractivity contribution in [2.75, 3.05) is 6.61 Å². The van der Waals surface area contributed by atoms with E-state index < -0.39 is 0 Å². The van der Waals surface area contributed by atoms with Gasteiger partial charge in [0.2, 0.25) is 0 Å². The molecule has 1 aliphatic rings. The van der Waals surface area contributed by atoms with Gasteiger partial charge in [0.25, 0.3) is 0 Å². The molecule has 29 heavy (non-hydrogen) atoms. The van der Waals surface area contributed by atoms with Gasteiger partial charge in [-0.25, -0.2) is 9.97 Å². The average Bonchev–Trinajstić information content (AvgIpc) is 3.12. The minimum absolute atomic E-state index is 0.293. The highest BCUT2D eigenvalue weighted by Crippen LogP contribution is 2.36. The van der Waals surface area contributed by atoms with Crippen molar-refractivity contribution in [1.29, 1.82) is 0 Å². The van der Waals surface area contributed by atoms with E-state index >= 15 is 0 Å². The van der Waals surface area contributed by atoms with E-state index in [9.17, 15) is 0 Å². The molecule has 146 valence electrons. The maximum absolute atomic E-state index is 6.06. The molecule has 0 fully saturated rings. The quantitative estimate of drug-likeness (QED) is 0.477. The molecule has 0 saturated heterocycles. The molecule has 0 unspecified atom stereocenters. The Morgan fingerprint density at radius 2 is 1.72 bits per heavy atom. The third-order valence-electron chi connectivity index (χ3n) is 4.85. The van der Waals surface area contributed by atoms with Gasteiger partial charge in [0.1, 0.15) is 6.61 Å². The average molecular weight is 405 g/mol. The first-order chi connectivity index (χ1) is 14.2. The Morgan fingerprint density at radius 3 is 2.55 bits per heavy atom. The maximum Gasteiger partial charge on any atom is 0.192 e. The fourth-order valence-corrected chi connectivity index (χ4v) is 4.20. The molecule has 1 atom stereocenters. The van der Waals surface area contributed by atoms with Gasteiger partial charge in [0, 0.05) is 12.8 Å². The lowest BCUT2D eigenvalue weighted by atomic mass is 10.2. The standard InChI is InChI=1S/C21H19N5O2S/c1-13-16(23-15-8-4-3-7-14(15)22-13)12-29-21-25-24-20(26(21)2)19-11-27-17-9-5-6-10-18(17)28-19/h3-10,19H,11-12H2,1-2H3/t19-/m1/s1. The number of hydrogen-bond acceptors (Lipinski definition) is 7. The second-order valence-electron chi connectivity index (χ2n) is 6.80. The summed E-state index contributed by atoms with van der Waals surface area (Å²) >= 11 is 1.58. The van der Waals surface area contributed by atoms with Crippen molar-refractivity contribution in [3.05, 3.63) is 65.7 Å². The van der Waals surface area contributed by atoms with Gasteiger partial charge in [-0.05, 0) is 31.2 Å². The molecular formula is C21H19N5O2S. The smallest absolute Gasteiger partial charge is 0.192 e. The van der Waals surface area contributed by atoms with Gasteiger partial charge in [-0.3, -0.25) is 0 Å². The second-order valence-corrected chi connectivity index (χ2v) is 7.74. The Morgan fingerprint density at radius 1 is 1.00 bits per heavy atom. The SMILES string of the molecule is Cc1nc2ccccc2nc1CSc1nnc([C@H]2COc3ccccc3O2)n1C. The molecule has 7 nitrogen and oxygen atoms in total. The summed E-state index contributed by atoms with van der Waals surface area (Å²) in [6.45, 7) is 2.39. The second kappa shape index (κ2) is 7.36. The molecule has 2 aromatic heterocycles. The highest BCUT2D eigenvalue weighted by molar-refractivity contribution is 7.98. The summed E-state index contributed by atoms with van der Waals surface area (Å²) in [4.78, 5) is 9.41. The molecule has 1 aliphatic heterocycles. The first-order valence-electron chi connectivity index (χ1n) is 9.32.